The Morgan fingerprint density at radius 2 is 2.14 bits per heavy atom. The third-order valence-corrected chi connectivity index (χ3v) is 3.86. The van der Waals surface area contributed by atoms with Crippen LogP contribution in [0.1, 0.15) is 29.6 Å². The van der Waals surface area contributed by atoms with E-state index in [1.165, 1.54) is 18.2 Å². The van der Waals surface area contributed by atoms with Crippen LogP contribution in [0, 0.1) is 5.82 Å². The van der Waals surface area contributed by atoms with Crippen LogP contribution in [0.4, 0.5) is 4.39 Å². The number of ether oxygens (including phenoxy) is 1. The van der Waals surface area contributed by atoms with Gasteiger partial charge in [-0.2, -0.15) is 0 Å². The number of benzene rings is 1. The van der Waals surface area contributed by atoms with Crippen LogP contribution in [-0.4, -0.2) is 48.3 Å². The average Bonchev–Trinajstić information content (AvgIpc) is 2.50. The molecule has 1 heterocycles. The van der Waals surface area contributed by atoms with Gasteiger partial charge in [0.15, 0.2) is 0 Å². The molecule has 0 radical (unpaired) electrons. The molecule has 1 N–H and O–H groups in total. The largest absolute Gasteiger partial charge is 0.396 e. The lowest BCUT2D eigenvalue weighted by Gasteiger charge is -2.32. The molecule has 1 aliphatic rings. The number of rotatable bonds is 5. The van der Waals surface area contributed by atoms with E-state index < -0.39 is 5.82 Å². The third kappa shape index (κ3) is 4.40. The first-order valence-corrected chi connectivity index (χ1v) is 7.46. The van der Waals surface area contributed by atoms with Gasteiger partial charge in [-0.1, -0.05) is 11.6 Å². The molecule has 1 aromatic rings. The number of carbonyl (C=O) groups excluding carboxylic acids is 1. The number of piperidine rings is 1. The summed E-state index contributed by atoms with van der Waals surface area (Å²) in [6, 6.07) is 4.11. The van der Waals surface area contributed by atoms with Crippen molar-refractivity contribution in [3.8, 4) is 0 Å². The normalized spacial score (nSPS) is 16.2. The molecular formula is C15H19ClFNO3. The van der Waals surface area contributed by atoms with E-state index in [1.54, 1.807) is 4.90 Å². The van der Waals surface area contributed by atoms with Crippen molar-refractivity contribution in [1.29, 1.82) is 0 Å². The molecule has 0 aliphatic carbocycles. The zero-order valence-electron chi connectivity index (χ0n) is 11.7. The van der Waals surface area contributed by atoms with Crippen LogP contribution in [0.15, 0.2) is 18.2 Å². The Hall–Kier alpha value is -1.17. The van der Waals surface area contributed by atoms with Crippen molar-refractivity contribution in [2.45, 2.75) is 25.4 Å². The summed E-state index contributed by atoms with van der Waals surface area (Å²) in [5, 5.41) is 8.72. The van der Waals surface area contributed by atoms with E-state index in [0.29, 0.717) is 31.7 Å². The number of carbonyl (C=O) groups is 1. The lowest BCUT2D eigenvalue weighted by molar-refractivity contribution is 0.00396. The van der Waals surface area contributed by atoms with Gasteiger partial charge in [0, 0.05) is 31.9 Å². The second-order valence-corrected chi connectivity index (χ2v) is 5.48. The Labute approximate surface area is 128 Å². The first-order valence-electron chi connectivity index (χ1n) is 7.08. The Morgan fingerprint density at radius 1 is 1.43 bits per heavy atom. The van der Waals surface area contributed by atoms with Gasteiger partial charge in [-0.3, -0.25) is 4.79 Å². The highest BCUT2D eigenvalue weighted by atomic mass is 35.5. The maximum absolute atomic E-state index is 13.4. The minimum Gasteiger partial charge on any atom is -0.396 e. The topological polar surface area (TPSA) is 49.8 Å². The summed E-state index contributed by atoms with van der Waals surface area (Å²) < 4.78 is 19.0. The molecule has 21 heavy (non-hydrogen) atoms. The first-order chi connectivity index (χ1) is 10.1. The summed E-state index contributed by atoms with van der Waals surface area (Å²) in [4.78, 5) is 14.0. The SMILES string of the molecule is O=C(c1ccc(Cl)c(F)c1)N1CCC(OCCCO)CC1. The lowest BCUT2D eigenvalue weighted by atomic mass is 10.1. The summed E-state index contributed by atoms with van der Waals surface area (Å²) >= 11 is 5.62. The molecule has 1 saturated heterocycles. The molecule has 0 bridgehead atoms. The van der Waals surface area contributed by atoms with Crippen molar-refractivity contribution in [1.82, 2.24) is 4.90 Å². The van der Waals surface area contributed by atoms with Crippen LogP contribution in [0.25, 0.3) is 0 Å². The van der Waals surface area contributed by atoms with E-state index in [1.807, 2.05) is 0 Å². The molecule has 0 atom stereocenters. The molecule has 116 valence electrons. The maximum atomic E-state index is 13.4. The third-order valence-electron chi connectivity index (χ3n) is 3.55. The zero-order chi connectivity index (χ0) is 15.2. The van der Waals surface area contributed by atoms with Crippen LogP contribution in [0.5, 0.6) is 0 Å². The summed E-state index contributed by atoms with van der Waals surface area (Å²) in [6.07, 6.45) is 2.27. The molecule has 1 fully saturated rings. The number of likely N-dealkylation sites (tertiary alicyclic amines) is 1. The van der Waals surface area contributed by atoms with Gasteiger partial charge in [-0.25, -0.2) is 4.39 Å². The molecule has 1 aromatic carbocycles. The van der Waals surface area contributed by atoms with E-state index in [0.717, 1.165) is 12.8 Å². The molecule has 2 rings (SSSR count). The fraction of sp³-hybridized carbons (Fsp3) is 0.533. The van der Waals surface area contributed by atoms with Gasteiger partial charge in [0.2, 0.25) is 0 Å². The fourth-order valence-corrected chi connectivity index (χ4v) is 2.47. The minimum atomic E-state index is -0.579. The van der Waals surface area contributed by atoms with E-state index in [9.17, 15) is 9.18 Å². The van der Waals surface area contributed by atoms with Crippen LogP contribution < -0.4 is 0 Å². The van der Waals surface area contributed by atoms with E-state index in [4.69, 9.17) is 21.4 Å². The fourth-order valence-electron chi connectivity index (χ4n) is 2.35. The van der Waals surface area contributed by atoms with Gasteiger partial charge in [0.1, 0.15) is 5.82 Å². The van der Waals surface area contributed by atoms with Crippen molar-refractivity contribution in [3.05, 3.63) is 34.6 Å². The number of halogens is 2. The summed E-state index contributed by atoms with van der Waals surface area (Å²) in [5.41, 5.74) is 0.316. The Morgan fingerprint density at radius 3 is 2.76 bits per heavy atom. The van der Waals surface area contributed by atoms with Crippen molar-refractivity contribution < 1.29 is 19.0 Å². The zero-order valence-corrected chi connectivity index (χ0v) is 12.5. The van der Waals surface area contributed by atoms with Crippen LogP contribution in [0.3, 0.4) is 0 Å². The molecule has 1 amide bonds. The Kier molecular flexibility index (Phi) is 5.96. The molecule has 0 saturated carbocycles. The van der Waals surface area contributed by atoms with E-state index >= 15 is 0 Å². The van der Waals surface area contributed by atoms with Crippen molar-refractivity contribution in [3.63, 3.8) is 0 Å². The van der Waals surface area contributed by atoms with Crippen LogP contribution in [-0.2, 0) is 4.74 Å². The molecule has 0 aromatic heterocycles. The second kappa shape index (κ2) is 7.73. The predicted molar refractivity (Wildman–Crippen MR) is 78.0 cm³/mol. The lowest BCUT2D eigenvalue weighted by Crippen LogP contribution is -2.41. The number of nitrogens with zero attached hydrogens (tertiary/aromatic N) is 1. The highest BCUT2D eigenvalue weighted by Crippen LogP contribution is 2.20. The van der Waals surface area contributed by atoms with Gasteiger partial charge in [0.05, 0.1) is 11.1 Å². The van der Waals surface area contributed by atoms with Gasteiger partial charge in [0.25, 0.3) is 5.91 Å². The molecule has 0 unspecified atom stereocenters. The number of aliphatic hydroxyl groups excluding tert-OH is 1. The molecule has 6 heteroatoms. The predicted octanol–water partition coefficient (Wildman–Crippen LogP) is 2.48. The number of hydrogen-bond acceptors (Lipinski definition) is 3. The Bertz CT molecular complexity index is 490. The summed E-state index contributed by atoms with van der Waals surface area (Å²) in [6.45, 7) is 1.84. The quantitative estimate of drug-likeness (QED) is 0.849. The van der Waals surface area contributed by atoms with Crippen molar-refractivity contribution >= 4 is 17.5 Å². The highest BCUT2D eigenvalue weighted by molar-refractivity contribution is 6.30. The standard InChI is InChI=1S/C15H19ClFNO3/c16-13-3-2-11(10-14(13)17)15(20)18-6-4-12(5-7-18)21-9-1-8-19/h2-3,10,12,19H,1,4-9H2. The average molecular weight is 316 g/mol. The first kappa shape index (κ1) is 16.2. The van der Waals surface area contributed by atoms with Crippen molar-refractivity contribution in [2.75, 3.05) is 26.3 Å². The molecule has 0 spiro atoms. The molecule has 4 nitrogen and oxygen atoms in total. The number of aliphatic hydroxyl groups is 1. The number of hydrogen-bond donors (Lipinski definition) is 1. The van der Waals surface area contributed by atoms with Crippen LogP contribution in [0.2, 0.25) is 5.02 Å². The van der Waals surface area contributed by atoms with Crippen LogP contribution >= 0.6 is 11.6 Å². The Balaban J connectivity index is 1.86. The van der Waals surface area contributed by atoms with Gasteiger partial charge in [-0.15, -0.1) is 0 Å². The highest BCUT2D eigenvalue weighted by Gasteiger charge is 2.24. The molecule has 1 aliphatic heterocycles. The second-order valence-electron chi connectivity index (χ2n) is 5.07. The number of amides is 1. The minimum absolute atomic E-state index is 0.0162. The molecular weight excluding hydrogens is 297 g/mol. The van der Waals surface area contributed by atoms with Gasteiger partial charge >= 0.3 is 0 Å². The van der Waals surface area contributed by atoms with Gasteiger partial charge in [-0.05, 0) is 37.5 Å². The monoisotopic (exact) mass is 315 g/mol. The smallest absolute Gasteiger partial charge is 0.253 e. The van der Waals surface area contributed by atoms with Crippen molar-refractivity contribution in [2.24, 2.45) is 0 Å². The summed E-state index contributed by atoms with van der Waals surface area (Å²) in [5.74, 6) is -0.760. The summed E-state index contributed by atoms with van der Waals surface area (Å²) in [7, 11) is 0. The van der Waals surface area contributed by atoms with E-state index in [2.05, 4.69) is 0 Å². The van der Waals surface area contributed by atoms with Gasteiger partial charge < -0.3 is 14.7 Å². The van der Waals surface area contributed by atoms with E-state index in [-0.39, 0.29) is 23.6 Å². The maximum Gasteiger partial charge on any atom is 0.253 e.